The van der Waals surface area contributed by atoms with Crippen LogP contribution < -0.4 is 9.47 Å². The predicted octanol–water partition coefficient (Wildman–Crippen LogP) is 6.84. The number of benzene rings is 3. The van der Waals surface area contributed by atoms with E-state index >= 15 is 0 Å². The maximum atomic E-state index is 5.78. The van der Waals surface area contributed by atoms with Crippen LogP contribution in [-0.4, -0.2) is 32.2 Å². The molecule has 32 heavy (non-hydrogen) atoms. The van der Waals surface area contributed by atoms with Crippen molar-refractivity contribution in [2.45, 2.75) is 32.7 Å². The zero-order valence-electron chi connectivity index (χ0n) is 19.4. The summed E-state index contributed by atoms with van der Waals surface area (Å²) in [6.45, 7) is 5.34. The molecule has 3 heteroatoms. The van der Waals surface area contributed by atoms with Crippen LogP contribution in [0.5, 0.6) is 11.5 Å². The first-order chi connectivity index (χ1) is 15.7. The third-order valence-electron chi connectivity index (χ3n) is 6.38. The number of methoxy groups -OCH3 is 2. The van der Waals surface area contributed by atoms with Crippen LogP contribution in [0.4, 0.5) is 0 Å². The van der Waals surface area contributed by atoms with E-state index in [1.807, 2.05) is 0 Å². The molecule has 1 aliphatic heterocycles. The van der Waals surface area contributed by atoms with Crippen LogP contribution in [0.3, 0.4) is 0 Å². The third-order valence-corrected chi connectivity index (χ3v) is 6.38. The van der Waals surface area contributed by atoms with Crippen molar-refractivity contribution in [3.63, 3.8) is 0 Å². The van der Waals surface area contributed by atoms with Gasteiger partial charge in [0.1, 0.15) is 11.5 Å². The molecule has 1 heterocycles. The van der Waals surface area contributed by atoms with Crippen molar-refractivity contribution in [1.82, 2.24) is 4.90 Å². The van der Waals surface area contributed by atoms with Gasteiger partial charge < -0.3 is 9.47 Å². The van der Waals surface area contributed by atoms with Crippen molar-refractivity contribution >= 4 is 12.2 Å². The molecule has 1 saturated heterocycles. The normalized spacial score (nSPS) is 14.6. The van der Waals surface area contributed by atoms with Gasteiger partial charge in [0.25, 0.3) is 0 Å². The summed E-state index contributed by atoms with van der Waals surface area (Å²) in [6.07, 6.45) is 8.20. The van der Waals surface area contributed by atoms with Gasteiger partial charge in [0.15, 0.2) is 0 Å². The predicted molar refractivity (Wildman–Crippen MR) is 134 cm³/mol. The number of likely N-dealkylation sites (tertiary alicyclic amines) is 1. The van der Waals surface area contributed by atoms with E-state index in [1.165, 1.54) is 41.5 Å². The molecule has 0 saturated carbocycles. The van der Waals surface area contributed by atoms with E-state index in [0.29, 0.717) is 0 Å². The van der Waals surface area contributed by atoms with Crippen molar-refractivity contribution in [3.8, 4) is 22.6 Å². The molecule has 3 aromatic carbocycles. The fraction of sp³-hybridized carbons (Fsp3) is 0.310. The largest absolute Gasteiger partial charge is 0.496 e. The lowest BCUT2D eigenvalue weighted by molar-refractivity contribution is 0.215. The summed E-state index contributed by atoms with van der Waals surface area (Å²) >= 11 is 0. The summed E-state index contributed by atoms with van der Waals surface area (Å²) in [4.78, 5) is 2.50. The van der Waals surface area contributed by atoms with Gasteiger partial charge in [-0.1, -0.05) is 67.1 Å². The SMILES string of the molecule is COc1cc(/C=C/c2cccc(-c3ccccc3)c2C)cc(OC)c1CN1CCCCC1. The van der Waals surface area contributed by atoms with Crippen molar-refractivity contribution in [2.75, 3.05) is 27.3 Å². The fourth-order valence-corrected chi connectivity index (χ4v) is 4.55. The fourth-order valence-electron chi connectivity index (χ4n) is 4.55. The number of nitrogens with zero attached hydrogens (tertiary/aromatic N) is 1. The van der Waals surface area contributed by atoms with Gasteiger partial charge in [-0.25, -0.2) is 0 Å². The standard InChI is InChI=1S/C29H33NO2/c1-22-24(13-10-14-26(22)25-11-6-4-7-12-25)16-15-23-19-28(31-2)27(29(20-23)32-3)21-30-17-8-5-9-18-30/h4,6-7,10-16,19-20H,5,8-9,17-18,21H2,1-3H3/b16-15+. The van der Waals surface area contributed by atoms with Crippen LogP contribution in [0.2, 0.25) is 0 Å². The minimum Gasteiger partial charge on any atom is -0.496 e. The van der Waals surface area contributed by atoms with Gasteiger partial charge in [0, 0.05) is 6.54 Å². The molecule has 1 aliphatic rings. The topological polar surface area (TPSA) is 21.7 Å². The molecule has 0 aliphatic carbocycles. The average Bonchev–Trinajstić information content (AvgIpc) is 2.85. The summed E-state index contributed by atoms with van der Waals surface area (Å²) in [5.74, 6) is 1.79. The van der Waals surface area contributed by atoms with Gasteiger partial charge in [-0.2, -0.15) is 0 Å². The van der Waals surface area contributed by atoms with E-state index < -0.39 is 0 Å². The molecule has 3 aromatic rings. The van der Waals surface area contributed by atoms with E-state index in [-0.39, 0.29) is 0 Å². The Bertz CT molecular complexity index is 1040. The molecule has 0 spiro atoms. The number of piperidine rings is 1. The maximum absolute atomic E-state index is 5.78. The number of ether oxygens (including phenoxy) is 2. The maximum Gasteiger partial charge on any atom is 0.127 e. The minimum atomic E-state index is 0.870. The molecule has 0 bridgehead atoms. The summed E-state index contributed by atoms with van der Waals surface area (Å²) in [7, 11) is 3.49. The molecule has 166 valence electrons. The lowest BCUT2D eigenvalue weighted by Gasteiger charge is -2.28. The van der Waals surface area contributed by atoms with Crippen molar-refractivity contribution in [1.29, 1.82) is 0 Å². The molecule has 4 rings (SSSR count). The number of rotatable bonds is 7. The van der Waals surface area contributed by atoms with Crippen molar-refractivity contribution < 1.29 is 9.47 Å². The molecule has 0 aromatic heterocycles. The summed E-state index contributed by atoms with van der Waals surface area (Å²) in [5, 5.41) is 0. The van der Waals surface area contributed by atoms with Crippen LogP contribution in [0.25, 0.3) is 23.3 Å². The van der Waals surface area contributed by atoms with Crippen molar-refractivity contribution in [3.05, 3.63) is 82.9 Å². The Labute approximate surface area is 192 Å². The highest BCUT2D eigenvalue weighted by Gasteiger charge is 2.17. The van der Waals surface area contributed by atoms with E-state index in [1.54, 1.807) is 14.2 Å². The first-order valence-corrected chi connectivity index (χ1v) is 11.5. The van der Waals surface area contributed by atoms with Crippen molar-refractivity contribution in [2.24, 2.45) is 0 Å². The highest BCUT2D eigenvalue weighted by atomic mass is 16.5. The minimum absolute atomic E-state index is 0.870. The second-order valence-electron chi connectivity index (χ2n) is 8.46. The average molecular weight is 428 g/mol. The lowest BCUT2D eigenvalue weighted by Crippen LogP contribution is -2.29. The van der Waals surface area contributed by atoms with Crippen LogP contribution in [0, 0.1) is 6.92 Å². The Morgan fingerprint density at radius 2 is 1.50 bits per heavy atom. The van der Waals surface area contributed by atoms with Gasteiger partial charge in [0.05, 0.1) is 19.8 Å². The Morgan fingerprint density at radius 1 is 0.812 bits per heavy atom. The Hall–Kier alpha value is -3.04. The Kier molecular flexibility index (Phi) is 7.28. The number of hydrogen-bond acceptors (Lipinski definition) is 3. The van der Waals surface area contributed by atoms with Gasteiger partial charge >= 0.3 is 0 Å². The molecule has 0 unspecified atom stereocenters. The lowest BCUT2D eigenvalue weighted by atomic mass is 9.96. The zero-order chi connectivity index (χ0) is 22.3. The smallest absolute Gasteiger partial charge is 0.127 e. The van der Waals surface area contributed by atoms with E-state index in [0.717, 1.165) is 42.3 Å². The van der Waals surface area contributed by atoms with Crippen LogP contribution in [0.1, 0.15) is 41.5 Å². The van der Waals surface area contributed by atoms with E-state index in [9.17, 15) is 0 Å². The first kappa shape index (κ1) is 22.2. The molecule has 0 amide bonds. The molecular formula is C29H33NO2. The van der Waals surface area contributed by atoms with Gasteiger partial charge in [0.2, 0.25) is 0 Å². The van der Waals surface area contributed by atoms with Gasteiger partial charge in [-0.15, -0.1) is 0 Å². The monoisotopic (exact) mass is 427 g/mol. The Morgan fingerprint density at radius 3 is 2.16 bits per heavy atom. The molecular weight excluding hydrogens is 394 g/mol. The molecule has 0 N–H and O–H groups in total. The summed E-state index contributed by atoms with van der Waals surface area (Å²) in [6, 6.07) is 21.3. The summed E-state index contributed by atoms with van der Waals surface area (Å²) < 4.78 is 11.6. The van der Waals surface area contributed by atoms with E-state index in [4.69, 9.17) is 9.47 Å². The highest BCUT2D eigenvalue weighted by Crippen LogP contribution is 2.34. The molecule has 3 nitrogen and oxygen atoms in total. The molecule has 1 fully saturated rings. The van der Waals surface area contributed by atoms with E-state index in [2.05, 4.69) is 84.6 Å². The van der Waals surface area contributed by atoms with Crippen LogP contribution in [-0.2, 0) is 6.54 Å². The molecule has 0 atom stereocenters. The zero-order valence-corrected chi connectivity index (χ0v) is 19.4. The third kappa shape index (κ3) is 5.05. The van der Waals surface area contributed by atoms with Gasteiger partial charge in [-0.3, -0.25) is 4.90 Å². The van der Waals surface area contributed by atoms with Gasteiger partial charge in [-0.05, 0) is 72.8 Å². The quantitative estimate of drug-likeness (QED) is 0.386. The Balaban J connectivity index is 1.62. The second-order valence-corrected chi connectivity index (χ2v) is 8.46. The second kappa shape index (κ2) is 10.5. The highest BCUT2D eigenvalue weighted by molar-refractivity contribution is 5.78. The van der Waals surface area contributed by atoms with Crippen LogP contribution >= 0.6 is 0 Å². The van der Waals surface area contributed by atoms with Crippen LogP contribution in [0.15, 0.2) is 60.7 Å². The first-order valence-electron chi connectivity index (χ1n) is 11.5. The summed E-state index contributed by atoms with van der Waals surface area (Å²) in [5.41, 5.74) is 7.20. The number of hydrogen-bond donors (Lipinski definition) is 0. The molecule has 0 radical (unpaired) electrons.